The maximum absolute atomic E-state index is 6.39. The van der Waals surface area contributed by atoms with Crippen molar-refractivity contribution in [3.8, 4) is 11.5 Å². The summed E-state index contributed by atoms with van der Waals surface area (Å²) in [6.45, 7) is 2.34. The van der Waals surface area contributed by atoms with Gasteiger partial charge in [-0.1, -0.05) is 78.9 Å². The van der Waals surface area contributed by atoms with Crippen molar-refractivity contribution in [3.05, 3.63) is 125 Å². The Balaban J connectivity index is 1.40. The average Bonchev–Trinajstić information content (AvgIpc) is 3.43. The third kappa shape index (κ3) is 2.89. The van der Waals surface area contributed by atoms with Crippen LogP contribution in [0.3, 0.4) is 0 Å². The second-order valence-electron chi connectivity index (χ2n) is 9.65. The molecule has 0 aliphatic carbocycles. The zero-order chi connectivity index (χ0) is 22.5. The Bertz CT molecular complexity index is 1310. The minimum absolute atomic E-state index is 0.132. The van der Waals surface area contributed by atoms with Crippen LogP contribution in [0.15, 0.2) is 97.1 Å². The summed E-state index contributed by atoms with van der Waals surface area (Å²) < 4.78 is 12.3. The first kappa shape index (κ1) is 19.7. The predicted octanol–water partition coefficient (Wildman–Crippen LogP) is 6.30. The van der Waals surface area contributed by atoms with Crippen LogP contribution in [0.5, 0.6) is 11.5 Å². The highest BCUT2D eigenvalue weighted by molar-refractivity contribution is 5.72. The van der Waals surface area contributed by atoms with E-state index in [2.05, 4.69) is 102 Å². The highest BCUT2D eigenvalue weighted by Crippen LogP contribution is 2.55. The maximum atomic E-state index is 6.39. The zero-order valence-corrected chi connectivity index (χ0v) is 19.1. The summed E-state index contributed by atoms with van der Waals surface area (Å²) in [4.78, 5) is 2.59. The van der Waals surface area contributed by atoms with Gasteiger partial charge in [-0.3, -0.25) is 0 Å². The van der Waals surface area contributed by atoms with E-state index in [1.807, 2.05) is 0 Å². The molecular formula is C31H27NO2. The van der Waals surface area contributed by atoms with Crippen LogP contribution in [0.4, 0.5) is 5.69 Å². The molecule has 34 heavy (non-hydrogen) atoms. The Labute approximate surface area is 200 Å². The number of hydrogen-bond acceptors (Lipinski definition) is 3. The van der Waals surface area contributed by atoms with Gasteiger partial charge in [-0.25, -0.2) is 0 Å². The highest BCUT2D eigenvalue weighted by atomic mass is 16.5. The van der Waals surface area contributed by atoms with E-state index >= 15 is 0 Å². The Morgan fingerprint density at radius 3 is 2.18 bits per heavy atom. The summed E-state index contributed by atoms with van der Waals surface area (Å²) in [5.41, 5.74) is 7.71. The first-order chi connectivity index (χ1) is 16.8. The molecule has 1 unspecified atom stereocenters. The normalized spacial score (nSPS) is 20.0. The maximum Gasteiger partial charge on any atom is 0.127 e. The van der Waals surface area contributed by atoms with Crippen LogP contribution in [0.2, 0.25) is 0 Å². The quantitative estimate of drug-likeness (QED) is 0.369. The molecule has 0 aromatic heterocycles. The second-order valence-corrected chi connectivity index (χ2v) is 9.65. The third-order valence-electron chi connectivity index (χ3n) is 7.71. The number of ether oxygens (including phenoxy) is 2. The number of hydrogen-bond donors (Lipinski definition) is 0. The number of nitrogens with zero attached hydrogens (tertiary/aromatic N) is 1. The smallest absolute Gasteiger partial charge is 0.127 e. The van der Waals surface area contributed by atoms with Crippen molar-refractivity contribution in [2.24, 2.45) is 0 Å². The van der Waals surface area contributed by atoms with Crippen molar-refractivity contribution in [1.29, 1.82) is 0 Å². The van der Waals surface area contributed by atoms with Crippen LogP contribution in [0.1, 0.15) is 40.3 Å². The Morgan fingerprint density at radius 2 is 1.41 bits per heavy atom. The van der Waals surface area contributed by atoms with Gasteiger partial charge in [-0.15, -0.1) is 0 Å². The first-order valence-corrected chi connectivity index (χ1v) is 12.2. The molecule has 7 rings (SSSR count). The van der Waals surface area contributed by atoms with Crippen LogP contribution < -0.4 is 14.4 Å². The molecule has 0 saturated heterocycles. The summed E-state index contributed by atoms with van der Waals surface area (Å²) in [5, 5.41) is 0. The molecule has 1 atom stereocenters. The van der Waals surface area contributed by atoms with E-state index in [1.165, 1.54) is 33.5 Å². The Hall–Kier alpha value is -3.72. The third-order valence-corrected chi connectivity index (χ3v) is 7.71. The summed E-state index contributed by atoms with van der Waals surface area (Å²) in [5.74, 6) is 1.98. The number of anilines is 1. The van der Waals surface area contributed by atoms with Crippen LogP contribution in [0.25, 0.3) is 0 Å². The van der Waals surface area contributed by atoms with Gasteiger partial charge in [0.1, 0.15) is 18.1 Å². The summed E-state index contributed by atoms with van der Waals surface area (Å²) in [6, 6.07) is 35.3. The molecular weight excluding hydrogens is 418 g/mol. The Morgan fingerprint density at radius 1 is 0.706 bits per heavy atom. The summed E-state index contributed by atoms with van der Waals surface area (Å²) in [7, 11) is 0. The molecule has 4 aromatic rings. The monoisotopic (exact) mass is 445 g/mol. The SMILES string of the molecule is c1ccc(C(c2ccccc2)N2CC3(COc4cc5c(cc43)CCCO5)c3ccccc32)cc1. The molecule has 3 aliphatic rings. The standard InChI is InChI=1S/C31H27NO2/c1-3-10-22(11-4-1)30(23-12-5-2-6-13-23)32-20-31(25-15-7-8-16-27(25)32)21-34-29-19-28-24(18-26(29)31)14-9-17-33-28/h1-8,10-13,15-16,18-19,30H,9,14,17,20-21H2. The molecule has 3 heterocycles. The number of benzene rings is 4. The van der Waals surface area contributed by atoms with Gasteiger partial charge < -0.3 is 14.4 Å². The molecule has 0 bridgehead atoms. The fraction of sp³-hybridized carbons (Fsp3) is 0.226. The summed E-state index contributed by atoms with van der Waals surface area (Å²) in [6.07, 6.45) is 2.15. The number of rotatable bonds is 3. The fourth-order valence-electron chi connectivity index (χ4n) is 6.15. The van der Waals surface area contributed by atoms with E-state index < -0.39 is 0 Å². The number of para-hydroxylation sites is 1. The minimum Gasteiger partial charge on any atom is -0.493 e. The Kier molecular flexibility index (Phi) is 4.45. The van der Waals surface area contributed by atoms with Gasteiger partial charge in [0.2, 0.25) is 0 Å². The van der Waals surface area contributed by atoms with E-state index in [9.17, 15) is 0 Å². The molecule has 4 aromatic carbocycles. The highest BCUT2D eigenvalue weighted by Gasteiger charge is 2.51. The zero-order valence-electron chi connectivity index (χ0n) is 19.1. The molecule has 3 aliphatic heterocycles. The van der Waals surface area contributed by atoms with E-state index in [-0.39, 0.29) is 11.5 Å². The average molecular weight is 446 g/mol. The molecule has 3 nitrogen and oxygen atoms in total. The molecule has 1 spiro atoms. The largest absolute Gasteiger partial charge is 0.493 e. The lowest BCUT2D eigenvalue weighted by molar-refractivity contribution is 0.282. The minimum atomic E-state index is -0.180. The second kappa shape index (κ2) is 7.66. The van der Waals surface area contributed by atoms with Crippen LogP contribution in [-0.4, -0.2) is 19.8 Å². The molecule has 0 N–H and O–H groups in total. The van der Waals surface area contributed by atoms with Crippen LogP contribution in [0, 0.1) is 0 Å². The summed E-state index contributed by atoms with van der Waals surface area (Å²) >= 11 is 0. The lowest BCUT2D eigenvalue weighted by Crippen LogP contribution is -2.38. The molecule has 0 saturated carbocycles. The van der Waals surface area contributed by atoms with E-state index in [1.54, 1.807) is 0 Å². The predicted molar refractivity (Wildman–Crippen MR) is 135 cm³/mol. The van der Waals surface area contributed by atoms with Gasteiger partial charge in [0.15, 0.2) is 0 Å². The van der Waals surface area contributed by atoms with Crippen molar-refractivity contribution in [2.75, 3.05) is 24.7 Å². The first-order valence-electron chi connectivity index (χ1n) is 12.2. The van der Waals surface area contributed by atoms with Gasteiger partial charge in [0.25, 0.3) is 0 Å². The van der Waals surface area contributed by atoms with Gasteiger partial charge in [0, 0.05) is 23.9 Å². The van der Waals surface area contributed by atoms with Gasteiger partial charge in [0.05, 0.1) is 18.1 Å². The lowest BCUT2D eigenvalue weighted by atomic mass is 9.77. The van der Waals surface area contributed by atoms with Crippen molar-refractivity contribution in [1.82, 2.24) is 0 Å². The van der Waals surface area contributed by atoms with Gasteiger partial charge >= 0.3 is 0 Å². The lowest BCUT2D eigenvalue weighted by Gasteiger charge is -2.33. The molecule has 168 valence electrons. The van der Waals surface area contributed by atoms with E-state index in [4.69, 9.17) is 9.47 Å². The van der Waals surface area contributed by atoms with Crippen molar-refractivity contribution >= 4 is 5.69 Å². The van der Waals surface area contributed by atoms with E-state index in [0.29, 0.717) is 6.61 Å². The van der Waals surface area contributed by atoms with Gasteiger partial charge in [-0.2, -0.15) is 0 Å². The van der Waals surface area contributed by atoms with Crippen LogP contribution >= 0.6 is 0 Å². The fourth-order valence-corrected chi connectivity index (χ4v) is 6.15. The van der Waals surface area contributed by atoms with Crippen molar-refractivity contribution in [3.63, 3.8) is 0 Å². The molecule has 0 radical (unpaired) electrons. The van der Waals surface area contributed by atoms with Crippen molar-refractivity contribution < 1.29 is 9.47 Å². The molecule has 0 amide bonds. The van der Waals surface area contributed by atoms with Crippen LogP contribution in [-0.2, 0) is 11.8 Å². The van der Waals surface area contributed by atoms with Gasteiger partial charge in [-0.05, 0) is 47.2 Å². The molecule has 0 fully saturated rings. The van der Waals surface area contributed by atoms with E-state index in [0.717, 1.165) is 37.5 Å². The topological polar surface area (TPSA) is 21.7 Å². The molecule has 3 heteroatoms. The number of aryl methyl sites for hydroxylation is 1. The van der Waals surface area contributed by atoms with Crippen molar-refractivity contribution in [2.45, 2.75) is 24.3 Å². The number of fused-ring (bicyclic) bond motifs is 5.